The number of hydrogen-bond acceptors (Lipinski definition) is 3. The van der Waals surface area contributed by atoms with Gasteiger partial charge in [-0.2, -0.15) is 0 Å². The van der Waals surface area contributed by atoms with E-state index in [4.69, 9.17) is 4.52 Å². The van der Waals surface area contributed by atoms with Crippen molar-refractivity contribution in [3.8, 4) is 0 Å². The molecule has 1 saturated heterocycles. The predicted octanol–water partition coefficient (Wildman–Crippen LogP) is 5.01. The van der Waals surface area contributed by atoms with Crippen LogP contribution in [0.4, 0.5) is 0 Å². The normalized spacial score (nSPS) is 21.6. The molecule has 2 aromatic rings. The lowest BCUT2D eigenvalue weighted by molar-refractivity contribution is 0.0693. The zero-order chi connectivity index (χ0) is 17.2. The summed E-state index contributed by atoms with van der Waals surface area (Å²) in [6, 6.07) is 10.6. The number of benzene rings is 1. The van der Waals surface area contributed by atoms with Crippen LogP contribution in [0, 0.1) is 6.92 Å². The summed E-state index contributed by atoms with van der Waals surface area (Å²) in [4.78, 5) is 14.9. The Morgan fingerprint density at radius 2 is 1.84 bits per heavy atom. The molecular weight excluding hydrogens is 312 g/mol. The molecule has 1 amide bonds. The molecular formula is C21H26N2O2. The maximum absolute atomic E-state index is 13.0. The Morgan fingerprint density at radius 3 is 2.60 bits per heavy atom. The molecule has 0 N–H and O–H groups in total. The summed E-state index contributed by atoms with van der Waals surface area (Å²) >= 11 is 0. The highest BCUT2D eigenvalue weighted by atomic mass is 16.5. The van der Waals surface area contributed by atoms with Crippen LogP contribution in [0.3, 0.4) is 0 Å². The summed E-state index contributed by atoms with van der Waals surface area (Å²) in [5, 5.41) is 4.22. The van der Waals surface area contributed by atoms with Crippen LogP contribution in [-0.2, 0) is 0 Å². The van der Waals surface area contributed by atoms with E-state index in [2.05, 4.69) is 36.3 Å². The minimum Gasteiger partial charge on any atom is -0.351 e. The summed E-state index contributed by atoms with van der Waals surface area (Å²) in [6.45, 7) is 2.87. The van der Waals surface area contributed by atoms with Gasteiger partial charge in [-0.3, -0.25) is 4.79 Å². The molecule has 2 fully saturated rings. The first-order valence-electron chi connectivity index (χ1n) is 9.56. The monoisotopic (exact) mass is 338 g/mol. The van der Waals surface area contributed by atoms with Crippen LogP contribution in [-0.4, -0.2) is 22.5 Å². The first kappa shape index (κ1) is 16.4. The lowest BCUT2D eigenvalue weighted by atomic mass is 9.87. The Labute approximate surface area is 149 Å². The number of hydrogen-bond donors (Lipinski definition) is 0. The Bertz CT molecular complexity index is 729. The molecule has 1 aromatic carbocycles. The Hall–Kier alpha value is -2.10. The minimum atomic E-state index is -0.0161. The van der Waals surface area contributed by atoms with Crippen molar-refractivity contribution in [2.24, 2.45) is 0 Å². The highest BCUT2D eigenvalue weighted by Gasteiger charge is 2.33. The van der Waals surface area contributed by atoms with Crippen molar-refractivity contribution in [2.45, 2.75) is 63.8 Å². The van der Waals surface area contributed by atoms with Crippen LogP contribution in [0.5, 0.6) is 0 Å². The van der Waals surface area contributed by atoms with Gasteiger partial charge >= 0.3 is 0 Å². The van der Waals surface area contributed by atoms with Gasteiger partial charge in [-0.05, 0) is 38.2 Å². The maximum atomic E-state index is 13.0. The third-order valence-electron chi connectivity index (χ3n) is 5.74. The highest BCUT2D eigenvalue weighted by Crippen LogP contribution is 2.35. The van der Waals surface area contributed by atoms with E-state index in [0.717, 1.165) is 37.9 Å². The van der Waals surface area contributed by atoms with Gasteiger partial charge in [0.05, 0.1) is 11.7 Å². The SMILES string of the molecule is Cc1ccc(C2CCCN2C(=O)c2cc(C3CCCCC3)no2)cc1. The molecule has 1 atom stereocenters. The third-order valence-corrected chi connectivity index (χ3v) is 5.74. The largest absolute Gasteiger partial charge is 0.351 e. The number of aromatic nitrogens is 1. The van der Waals surface area contributed by atoms with Crippen LogP contribution in [0.15, 0.2) is 34.9 Å². The Morgan fingerprint density at radius 1 is 1.08 bits per heavy atom. The van der Waals surface area contributed by atoms with Gasteiger partial charge in [-0.1, -0.05) is 54.2 Å². The molecule has 1 saturated carbocycles. The fraction of sp³-hybridized carbons (Fsp3) is 0.524. The second-order valence-corrected chi connectivity index (χ2v) is 7.52. The molecule has 1 aromatic heterocycles. The van der Waals surface area contributed by atoms with E-state index >= 15 is 0 Å². The zero-order valence-electron chi connectivity index (χ0n) is 14.9. The van der Waals surface area contributed by atoms with Crippen molar-refractivity contribution >= 4 is 5.91 Å². The number of aryl methyl sites for hydroxylation is 1. The topological polar surface area (TPSA) is 46.3 Å². The first-order chi connectivity index (χ1) is 12.2. The third kappa shape index (κ3) is 3.35. The molecule has 2 heterocycles. The smallest absolute Gasteiger partial charge is 0.292 e. The first-order valence-corrected chi connectivity index (χ1v) is 9.56. The molecule has 0 spiro atoms. The average molecular weight is 338 g/mol. The van der Waals surface area contributed by atoms with Crippen molar-refractivity contribution in [1.82, 2.24) is 10.1 Å². The molecule has 4 nitrogen and oxygen atoms in total. The molecule has 132 valence electrons. The van der Waals surface area contributed by atoms with Gasteiger partial charge in [0.2, 0.25) is 5.76 Å². The van der Waals surface area contributed by atoms with Gasteiger partial charge in [-0.15, -0.1) is 0 Å². The molecule has 1 aliphatic heterocycles. The van der Waals surface area contributed by atoms with E-state index in [1.807, 2.05) is 11.0 Å². The molecule has 0 radical (unpaired) electrons. The van der Waals surface area contributed by atoms with E-state index in [1.165, 1.54) is 30.4 Å². The predicted molar refractivity (Wildman–Crippen MR) is 96.5 cm³/mol. The maximum Gasteiger partial charge on any atom is 0.292 e. The van der Waals surface area contributed by atoms with Crippen molar-refractivity contribution in [3.05, 3.63) is 52.9 Å². The lowest BCUT2D eigenvalue weighted by Gasteiger charge is -2.24. The molecule has 1 unspecified atom stereocenters. The summed E-state index contributed by atoms with van der Waals surface area (Å²) in [5.41, 5.74) is 3.42. The van der Waals surface area contributed by atoms with Gasteiger partial charge in [0.25, 0.3) is 5.91 Å². The Kier molecular flexibility index (Phi) is 4.60. The zero-order valence-corrected chi connectivity index (χ0v) is 14.9. The number of carbonyl (C=O) groups is 1. The van der Waals surface area contributed by atoms with Crippen molar-refractivity contribution in [3.63, 3.8) is 0 Å². The van der Waals surface area contributed by atoms with Gasteiger partial charge in [0.1, 0.15) is 0 Å². The van der Waals surface area contributed by atoms with Gasteiger partial charge in [-0.25, -0.2) is 0 Å². The Balaban J connectivity index is 1.51. The van der Waals surface area contributed by atoms with Gasteiger partial charge < -0.3 is 9.42 Å². The van der Waals surface area contributed by atoms with Crippen LogP contribution < -0.4 is 0 Å². The van der Waals surface area contributed by atoms with Crippen molar-refractivity contribution in [2.75, 3.05) is 6.54 Å². The lowest BCUT2D eigenvalue weighted by Crippen LogP contribution is -2.30. The van der Waals surface area contributed by atoms with E-state index in [-0.39, 0.29) is 11.9 Å². The summed E-state index contributed by atoms with van der Waals surface area (Å²) in [6.07, 6.45) is 8.19. The van der Waals surface area contributed by atoms with Crippen molar-refractivity contribution in [1.29, 1.82) is 0 Å². The fourth-order valence-corrected chi connectivity index (χ4v) is 4.27. The average Bonchev–Trinajstić information content (AvgIpc) is 3.32. The summed E-state index contributed by atoms with van der Waals surface area (Å²) in [7, 11) is 0. The summed E-state index contributed by atoms with van der Waals surface area (Å²) in [5.74, 6) is 0.850. The number of carbonyl (C=O) groups excluding carboxylic acids is 1. The second-order valence-electron chi connectivity index (χ2n) is 7.52. The van der Waals surface area contributed by atoms with Gasteiger partial charge in [0, 0.05) is 18.5 Å². The van der Waals surface area contributed by atoms with Crippen LogP contribution in [0.2, 0.25) is 0 Å². The van der Waals surface area contributed by atoms with Gasteiger partial charge in [0.15, 0.2) is 0 Å². The minimum absolute atomic E-state index is 0.0161. The van der Waals surface area contributed by atoms with E-state index in [1.54, 1.807) is 0 Å². The second kappa shape index (κ2) is 7.03. The highest BCUT2D eigenvalue weighted by molar-refractivity contribution is 5.92. The number of amides is 1. The number of likely N-dealkylation sites (tertiary alicyclic amines) is 1. The van der Waals surface area contributed by atoms with E-state index < -0.39 is 0 Å². The number of rotatable bonds is 3. The summed E-state index contributed by atoms with van der Waals surface area (Å²) < 4.78 is 5.45. The quantitative estimate of drug-likeness (QED) is 0.790. The molecule has 1 aliphatic carbocycles. The molecule has 2 aliphatic rings. The molecule has 0 bridgehead atoms. The van der Waals surface area contributed by atoms with Crippen LogP contribution in [0.1, 0.15) is 84.3 Å². The molecule has 4 rings (SSSR count). The fourth-order valence-electron chi connectivity index (χ4n) is 4.27. The van der Waals surface area contributed by atoms with Crippen LogP contribution >= 0.6 is 0 Å². The van der Waals surface area contributed by atoms with Crippen LogP contribution in [0.25, 0.3) is 0 Å². The van der Waals surface area contributed by atoms with Crippen molar-refractivity contribution < 1.29 is 9.32 Å². The molecule has 25 heavy (non-hydrogen) atoms. The van der Waals surface area contributed by atoms with E-state index in [9.17, 15) is 4.79 Å². The molecule has 4 heteroatoms. The number of nitrogens with zero attached hydrogens (tertiary/aromatic N) is 2. The standard InChI is InChI=1S/C21H26N2O2/c1-15-9-11-17(12-10-15)19-8-5-13-23(19)21(24)20-14-18(22-25-20)16-6-3-2-4-7-16/h9-12,14,16,19H,2-8,13H2,1H3. The van der Waals surface area contributed by atoms with E-state index in [0.29, 0.717) is 11.7 Å².